The van der Waals surface area contributed by atoms with E-state index in [1.807, 2.05) is 20.8 Å². The van der Waals surface area contributed by atoms with Crippen molar-refractivity contribution in [2.75, 3.05) is 32.7 Å². The van der Waals surface area contributed by atoms with E-state index >= 15 is 0 Å². The molecular formula is C11H20N2O2S. The maximum atomic E-state index is 11.7. The highest BCUT2D eigenvalue weighted by molar-refractivity contribution is 7.79. The predicted molar refractivity (Wildman–Crippen MR) is 67.9 cm³/mol. The monoisotopic (exact) mass is 244 g/mol. The molecule has 0 unspecified atom stereocenters. The van der Waals surface area contributed by atoms with Gasteiger partial charge in [-0.25, -0.2) is 4.79 Å². The van der Waals surface area contributed by atoms with Gasteiger partial charge in [-0.2, -0.15) is 0 Å². The quantitative estimate of drug-likeness (QED) is 0.690. The SMILES string of the molecule is CC(C)(C)OC(=O)N1CCN(CC=S)CC1. The summed E-state index contributed by atoms with van der Waals surface area (Å²) >= 11 is 4.81. The molecule has 0 radical (unpaired) electrons. The average Bonchev–Trinajstić information content (AvgIpc) is 2.16. The second-order valence-electron chi connectivity index (χ2n) is 4.93. The van der Waals surface area contributed by atoms with E-state index in [4.69, 9.17) is 17.0 Å². The Bertz CT molecular complexity index is 255. The minimum Gasteiger partial charge on any atom is -0.444 e. The molecule has 1 rings (SSSR count). The van der Waals surface area contributed by atoms with Crippen molar-refractivity contribution in [1.29, 1.82) is 0 Å². The zero-order valence-corrected chi connectivity index (χ0v) is 11.0. The highest BCUT2D eigenvalue weighted by Gasteiger charge is 2.25. The van der Waals surface area contributed by atoms with Gasteiger partial charge in [0.05, 0.1) is 0 Å². The second-order valence-corrected chi connectivity index (χ2v) is 5.27. The van der Waals surface area contributed by atoms with Crippen LogP contribution >= 0.6 is 12.2 Å². The molecule has 5 heteroatoms. The number of hydrogen-bond acceptors (Lipinski definition) is 4. The van der Waals surface area contributed by atoms with Crippen LogP contribution in [0.5, 0.6) is 0 Å². The lowest BCUT2D eigenvalue weighted by Gasteiger charge is -2.34. The van der Waals surface area contributed by atoms with Crippen molar-refractivity contribution in [3.63, 3.8) is 0 Å². The summed E-state index contributed by atoms with van der Waals surface area (Å²) in [5, 5.41) is 1.73. The number of ether oxygens (including phenoxy) is 1. The smallest absolute Gasteiger partial charge is 0.410 e. The molecule has 0 aromatic heterocycles. The third-order valence-corrected chi connectivity index (χ3v) is 2.51. The topological polar surface area (TPSA) is 32.8 Å². The molecule has 1 aliphatic rings. The average molecular weight is 244 g/mol. The van der Waals surface area contributed by atoms with Gasteiger partial charge in [-0.15, -0.1) is 0 Å². The molecule has 1 amide bonds. The van der Waals surface area contributed by atoms with E-state index in [9.17, 15) is 4.79 Å². The normalized spacial score (nSPS) is 18.3. The van der Waals surface area contributed by atoms with Crippen LogP contribution in [-0.2, 0) is 4.74 Å². The van der Waals surface area contributed by atoms with Gasteiger partial charge in [-0.3, -0.25) is 4.90 Å². The van der Waals surface area contributed by atoms with Crippen molar-refractivity contribution in [3.8, 4) is 0 Å². The predicted octanol–water partition coefficient (Wildman–Crippen LogP) is 1.54. The maximum absolute atomic E-state index is 11.7. The van der Waals surface area contributed by atoms with E-state index in [-0.39, 0.29) is 6.09 Å². The zero-order valence-electron chi connectivity index (χ0n) is 10.2. The Kier molecular flexibility index (Phi) is 4.68. The maximum Gasteiger partial charge on any atom is 0.410 e. The molecule has 1 heterocycles. The summed E-state index contributed by atoms with van der Waals surface area (Å²) in [5.74, 6) is 0. The van der Waals surface area contributed by atoms with Crippen molar-refractivity contribution >= 4 is 23.7 Å². The zero-order chi connectivity index (χ0) is 12.2. The third-order valence-electron chi connectivity index (χ3n) is 2.36. The van der Waals surface area contributed by atoms with Crippen molar-refractivity contribution in [2.24, 2.45) is 0 Å². The Morgan fingerprint density at radius 3 is 2.31 bits per heavy atom. The summed E-state index contributed by atoms with van der Waals surface area (Å²) in [4.78, 5) is 15.7. The number of amides is 1. The number of rotatable bonds is 2. The van der Waals surface area contributed by atoms with Gasteiger partial charge in [0.2, 0.25) is 0 Å². The molecule has 1 saturated heterocycles. The summed E-state index contributed by atoms with van der Waals surface area (Å²) in [5.41, 5.74) is -0.414. The van der Waals surface area contributed by atoms with Gasteiger partial charge >= 0.3 is 6.09 Å². The van der Waals surface area contributed by atoms with E-state index < -0.39 is 5.60 Å². The molecule has 1 fully saturated rings. The number of carbonyl (C=O) groups excluding carboxylic acids is 1. The van der Waals surface area contributed by atoms with E-state index in [1.54, 1.807) is 10.3 Å². The molecular weight excluding hydrogens is 224 g/mol. The van der Waals surface area contributed by atoms with E-state index in [2.05, 4.69) is 4.90 Å². The minimum absolute atomic E-state index is 0.213. The molecule has 0 spiro atoms. The molecule has 0 bridgehead atoms. The lowest BCUT2D eigenvalue weighted by atomic mass is 10.2. The molecule has 92 valence electrons. The van der Waals surface area contributed by atoms with Gasteiger partial charge in [0.25, 0.3) is 0 Å². The van der Waals surface area contributed by atoms with Crippen LogP contribution in [0.25, 0.3) is 0 Å². The number of piperazine rings is 1. The van der Waals surface area contributed by atoms with Gasteiger partial charge < -0.3 is 9.64 Å². The number of hydrogen-bond donors (Lipinski definition) is 0. The molecule has 0 N–H and O–H groups in total. The molecule has 16 heavy (non-hydrogen) atoms. The third kappa shape index (κ3) is 4.45. The van der Waals surface area contributed by atoms with E-state index in [0.717, 1.165) is 32.7 Å². The van der Waals surface area contributed by atoms with Crippen LogP contribution in [0.15, 0.2) is 0 Å². The van der Waals surface area contributed by atoms with E-state index in [1.165, 1.54) is 0 Å². The Hall–Kier alpha value is -0.680. The number of carbonyl (C=O) groups is 1. The van der Waals surface area contributed by atoms with Crippen molar-refractivity contribution in [1.82, 2.24) is 9.80 Å². The first-order chi connectivity index (χ1) is 7.42. The fraction of sp³-hybridized carbons (Fsp3) is 0.818. The van der Waals surface area contributed by atoms with Crippen molar-refractivity contribution in [3.05, 3.63) is 0 Å². The van der Waals surface area contributed by atoms with Gasteiger partial charge in [-0.05, 0) is 26.1 Å². The first-order valence-electron chi connectivity index (χ1n) is 5.56. The summed E-state index contributed by atoms with van der Waals surface area (Å²) in [6.07, 6.45) is -0.213. The highest BCUT2D eigenvalue weighted by Crippen LogP contribution is 2.11. The largest absolute Gasteiger partial charge is 0.444 e. The van der Waals surface area contributed by atoms with Gasteiger partial charge in [0.15, 0.2) is 0 Å². The molecule has 4 nitrogen and oxygen atoms in total. The van der Waals surface area contributed by atoms with Crippen LogP contribution in [0.2, 0.25) is 0 Å². The van der Waals surface area contributed by atoms with Gasteiger partial charge in [0.1, 0.15) is 5.60 Å². The number of thiocarbonyl (C=S) groups is 1. The Labute approximate surface area is 103 Å². The summed E-state index contributed by atoms with van der Waals surface area (Å²) < 4.78 is 5.31. The standard InChI is InChI=1S/C11H20N2O2S/c1-11(2,3)15-10(14)13-6-4-12(5-7-13)8-9-16/h9H,4-8H2,1-3H3. The Morgan fingerprint density at radius 2 is 1.88 bits per heavy atom. The minimum atomic E-state index is -0.414. The van der Waals surface area contributed by atoms with Crippen LogP contribution in [0.1, 0.15) is 20.8 Å². The Morgan fingerprint density at radius 1 is 1.31 bits per heavy atom. The van der Waals surface area contributed by atoms with Crippen LogP contribution in [0.4, 0.5) is 4.79 Å². The van der Waals surface area contributed by atoms with Crippen molar-refractivity contribution in [2.45, 2.75) is 26.4 Å². The highest BCUT2D eigenvalue weighted by atomic mass is 32.1. The second kappa shape index (κ2) is 5.59. The van der Waals surface area contributed by atoms with Crippen LogP contribution in [0.3, 0.4) is 0 Å². The number of nitrogens with zero attached hydrogens (tertiary/aromatic N) is 2. The van der Waals surface area contributed by atoms with Gasteiger partial charge in [0, 0.05) is 32.7 Å². The fourth-order valence-electron chi connectivity index (χ4n) is 1.54. The summed E-state index contributed by atoms with van der Waals surface area (Å²) in [6.45, 7) is 9.64. The first-order valence-corrected chi connectivity index (χ1v) is 6.03. The van der Waals surface area contributed by atoms with Crippen LogP contribution < -0.4 is 0 Å². The van der Waals surface area contributed by atoms with Gasteiger partial charge in [-0.1, -0.05) is 12.2 Å². The summed E-state index contributed by atoms with van der Waals surface area (Å²) in [7, 11) is 0. The molecule has 0 aromatic carbocycles. The molecule has 0 aromatic rings. The summed E-state index contributed by atoms with van der Waals surface area (Å²) in [6, 6.07) is 0. The fourth-order valence-corrected chi connectivity index (χ4v) is 1.76. The lowest BCUT2D eigenvalue weighted by molar-refractivity contribution is 0.0158. The molecule has 1 aliphatic heterocycles. The first kappa shape index (κ1) is 13.4. The molecule has 0 saturated carbocycles. The van der Waals surface area contributed by atoms with Crippen molar-refractivity contribution < 1.29 is 9.53 Å². The molecule has 0 aliphatic carbocycles. The van der Waals surface area contributed by atoms with E-state index in [0.29, 0.717) is 0 Å². The Balaban J connectivity index is 2.36. The van der Waals surface area contributed by atoms with Crippen LogP contribution in [0, 0.1) is 0 Å². The van der Waals surface area contributed by atoms with Crippen LogP contribution in [-0.4, -0.2) is 59.6 Å². The lowest BCUT2D eigenvalue weighted by Crippen LogP contribution is -2.50. The molecule has 0 atom stereocenters.